The van der Waals surface area contributed by atoms with E-state index < -0.39 is 42.6 Å². The van der Waals surface area contributed by atoms with Crippen molar-refractivity contribution in [1.82, 2.24) is 0 Å². The predicted molar refractivity (Wildman–Crippen MR) is 171 cm³/mol. The third-order valence-electron chi connectivity index (χ3n) is 8.54. The van der Waals surface area contributed by atoms with E-state index in [2.05, 4.69) is 37.2 Å². The van der Waals surface area contributed by atoms with Gasteiger partial charge in [-0.1, -0.05) is 43.1 Å². The molecule has 0 aromatic heterocycles. The van der Waals surface area contributed by atoms with E-state index in [1.165, 1.54) is 0 Å². The summed E-state index contributed by atoms with van der Waals surface area (Å²) in [5.74, 6) is -0.952. The first-order chi connectivity index (χ1) is 19.7. The fraction of sp³-hybridized carbons (Fsp3) is 0.452. The van der Waals surface area contributed by atoms with Gasteiger partial charge in [-0.3, -0.25) is 0 Å². The fourth-order valence-corrected chi connectivity index (χ4v) is 7.82. The zero-order valence-corrected chi connectivity index (χ0v) is 31.2. The summed E-state index contributed by atoms with van der Waals surface area (Å²) in [6.45, 7) is 12.1. The molecule has 0 amide bonds. The van der Waals surface area contributed by atoms with Crippen LogP contribution in [0.2, 0.25) is 10.0 Å². The second kappa shape index (κ2) is 13.5. The summed E-state index contributed by atoms with van der Waals surface area (Å²) in [4.78, 5) is 2.07. The molecule has 0 saturated carbocycles. The van der Waals surface area contributed by atoms with Crippen molar-refractivity contribution in [3.05, 3.63) is 81.5 Å². The van der Waals surface area contributed by atoms with Gasteiger partial charge in [-0.05, 0) is 76.1 Å². The summed E-state index contributed by atoms with van der Waals surface area (Å²) in [6, 6.07) is 10.6. The van der Waals surface area contributed by atoms with Crippen LogP contribution in [0.3, 0.4) is 0 Å². The smallest absolute Gasteiger partial charge is 0.748 e. The zero-order valence-electron chi connectivity index (χ0n) is 26.1. The Hall–Kier alpha value is -1.21. The summed E-state index contributed by atoms with van der Waals surface area (Å²) in [6.07, 6.45) is 6.21. The topological polar surface area (TPSA) is 121 Å². The van der Waals surface area contributed by atoms with Crippen molar-refractivity contribution in [3.63, 3.8) is 0 Å². The zero-order chi connectivity index (χ0) is 32.1. The molecule has 0 N–H and O–H groups in total. The predicted octanol–water partition coefficient (Wildman–Crippen LogP) is 3.26. The van der Waals surface area contributed by atoms with Gasteiger partial charge in [-0.2, -0.15) is 4.58 Å². The molecule has 4 rings (SSSR count). The molecule has 2 atom stereocenters. The molecule has 0 fully saturated rings. The first kappa shape index (κ1) is 37.2. The Balaban J connectivity index is 0.00000529. The van der Waals surface area contributed by atoms with E-state index in [1.807, 2.05) is 56.3 Å². The monoisotopic (exact) mass is 690 g/mol. The van der Waals surface area contributed by atoms with Crippen LogP contribution in [0.15, 0.2) is 60.3 Å². The molecule has 0 radical (unpaired) electrons. The summed E-state index contributed by atoms with van der Waals surface area (Å²) in [5, 5.41) is 1.17. The quantitative estimate of drug-likeness (QED) is 0.213. The minimum absolute atomic E-state index is 0. The summed E-state index contributed by atoms with van der Waals surface area (Å²) < 4.78 is 70.8. The van der Waals surface area contributed by atoms with Gasteiger partial charge in [-0.15, -0.1) is 0 Å². The number of fused-ring (bicyclic) bond motifs is 2. The van der Waals surface area contributed by atoms with E-state index in [9.17, 15) is 25.9 Å². The maximum atomic E-state index is 11.4. The van der Waals surface area contributed by atoms with Gasteiger partial charge in [-0.25, -0.2) is 16.8 Å². The molecule has 0 bridgehead atoms. The first-order valence-corrected chi connectivity index (χ1v) is 18.0. The van der Waals surface area contributed by atoms with Gasteiger partial charge in [0, 0.05) is 68.5 Å². The Morgan fingerprint density at radius 1 is 0.864 bits per heavy atom. The van der Waals surface area contributed by atoms with Gasteiger partial charge < -0.3 is 14.0 Å². The van der Waals surface area contributed by atoms with Crippen molar-refractivity contribution in [2.75, 3.05) is 16.4 Å². The summed E-state index contributed by atoms with van der Waals surface area (Å²) >= 11 is 12.8. The standard InChI is InChI=1S/C31H38Cl2N2O6S2.Na/c1-20(14-16-42(36,37)38)34-26-12-10-22(32)18-24(26)30(3,4)28(34)8-7-9-29-31(5,6)25-19-23(33)11-13-27(25)35(29)21(2)15-17-43(39,40)41;/h7-13,18-21H,14-17H2,1-6H3,(H-,36,37,38,39,40,41);/q;+1/p-1. The van der Waals surface area contributed by atoms with Crippen molar-refractivity contribution in [3.8, 4) is 0 Å². The van der Waals surface area contributed by atoms with Crippen molar-refractivity contribution in [2.24, 2.45) is 0 Å². The molecule has 2 aliphatic rings. The average molecular weight is 692 g/mol. The van der Waals surface area contributed by atoms with E-state index in [0.717, 1.165) is 33.9 Å². The van der Waals surface area contributed by atoms with Crippen LogP contribution in [0.5, 0.6) is 0 Å². The van der Waals surface area contributed by atoms with Crippen LogP contribution in [0.25, 0.3) is 0 Å². The number of rotatable bonds is 10. The van der Waals surface area contributed by atoms with Crippen LogP contribution in [-0.4, -0.2) is 59.8 Å². The van der Waals surface area contributed by atoms with E-state index in [0.29, 0.717) is 10.0 Å². The Labute approximate surface area is 293 Å². The molecule has 0 spiro atoms. The van der Waals surface area contributed by atoms with E-state index in [4.69, 9.17) is 23.2 Å². The number of allylic oxidation sites excluding steroid dienone is 4. The molecule has 0 saturated heterocycles. The molecule has 234 valence electrons. The van der Waals surface area contributed by atoms with Gasteiger partial charge in [0.2, 0.25) is 5.69 Å². The maximum Gasteiger partial charge on any atom is 1.00 e. The normalized spacial score (nSPS) is 19.7. The number of anilines is 1. The van der Waals surface area contributed by atoms with Crippen molar-refractivity contribution in [2.45, 2.75) is 77.3 Å². The van der Waals surface area contributed by atoms with Crippen LogP contribution in [0, 0.1) is 0 Å². The minimum atomic E-state index is -4.38. The van der Waals surface area contributed by atoms with Crippen LogP contribution < -0.4 is 34.5 Å². The van der Waals surface area contributed by atoms with Crippen LogP contribution in [-0.2, 0) is 31.1 Å². The molecule has 8 nitrogen and oxygen atoms in total. The van der Waals surface area contributed by atoms with Crippen molar-refractivity contribution in [1.29, 1.82) is 0 Å². The molecule has 2 aromatic carbocycles. The fourth-order valence-electron chi connectivity index (χ4n) is 6.22. The van der Waals surface area contributed by atoms with Crippen LogP contribution in [0.4, 0.5) is 11.4 Å². The molecule has 0 aliphatic carbocycles. The Morgan fingerprint density at radius 2 is 1.41 bits per heavy atom. The second-order valence-electron chi connectivity index (χ2n) is 12.4. The molecule has 2 aromatic rings. The van der Waals surface area contributed by atoms with Gasteiger partial charge in [0.25, 0.3) is 0 Å². The molecule has 13 heteroatoms. The van der Waals surface area contributed by atoms with Gasteiger partial charge in [0.05, 0.1) is 25.7 Å². The maximum absolute atomic E-state index is 11.4. The molecular weight excluding hydrogens is 654 g/mol. The van der Waals surface area contributed by atoms with Crippen molar-refractivity contribution >= 4 is 60.5 Å². The Bertz CT molecular complexity index is 1750. The number of nitrogens with zero attached hydrogens (tertiary/aromatic N) is 2. The molecule has 2 aliphatic heterocycles. The summed E-state index contributed by atoms with van der Waals surface area (Å²) in [7, 11) is -8.77. The van der Waals surface area contributed by atoms with Gasteiger partial charge >= 0.3 is 29.6 Å². The summed E-state index contributed by atoms with van der Waals surface area (Å²) in [5.41, 5.74) is 4.61. The van der Waals surface area contributed by atoms with Crippen LogP contribution >= 0.6 is 23.2 Å². The number of hydrogen-bond donors (Lipinski definition) is 0. The largest absolute Gasteiger partial charge is 1.00 e. The van der Waals surface area contributed by atoms with Gasteiger partial charge in [0.15, 0.2) is 11.8 Å². The van der Waals surface area contributed by atoms with E-state index in [-0.39, 0.29) is 54.5 Å². The van der Waals surface area contributed by atoms with E-state index >= 15 is 0 Å². The molecular formula is C31H37Cl2N2NaO6S2. The van der Waals surface area contributed by atoms with E-state index in [1.54, 1.807) is 12.1 Å². The molecule has 2 heterocycles. The number of benzene rings is 2. The number of hydrogen-bond acceptors (Lipinski definition) is 7. The third kappa shape index (κ3) is 7.83. The first-order valence-electron chi connectivity index (χ1n) is 14.1. The van der Waals surface area contributed by atoms with Gasteiger partial charge in [0.1, 0.15) is 0 Å². The molecule has 2 unspecified atom stereocenters. The average Bonchev–Trinajstić information content (AvgIpc) is 3.23. The van der Waals surface area contributed by atoms with Crippen molar-refractivity contribution < 1.29 is 60.1 Å². The molecule has 44 heavy (non-hydrogen) atoms. The second-order valence-corrected chi connectivity index (χ2v) is 16.3. The Morgan fingerprint density at radius 3 is 2.00 bits per heavy atom. The SMILES string of the molecule is CC(CCS(=O)(=O)[O-])N1C(=CC=CC2=[N+](C(C)CCS(=O)(=O)[O-])c3ccc(Cl)cc3C2(C)C)C(C)(C)c2cc(Cl)ccc21.[Na+]. The number of halogens is 2. The minimum Gasteiger partial charge on any atom is -0.748 e. The Kier molecular flexibility index (Phi) is 11.4. The third-order valence-corrected chi connectivity index (χ3v) is 10.5. The van der Waals surface area contributed by atoms with Crippen LogP contribution in [0.1, 0.15) is 65.5 Å².